The van der Waals surface area contributed by atoms with E-state index in [1.807, 2.05) is 108 Å². The molecule has 3 aromatic carbocycles. The van der Waals surface area contributed by atoms with Crippen molar-refractivity contribution >= 4 is 28.5 Å². The molecule has 38 heavy (non-hydrogen) atoms. The number of carbonyl (C=O) groups excluding carboxylic acids is 2. The number of amides is 2. The number of rotatable bonds is 8. The van der Waals surface area contributed by atoms with Crippen LogP contribution in [-0.4, -0.2) is 39.0 Å². The van der Waals surface area contributed by atoms with Crippen molar-refractivity contribution in [1.29, 1.82) is 0 Å². The topological polar surface area (TPSA) is 89.4 Å². The van der Waals surface area contributed by atoms with E-state index in [4.69, 9.17) is 4.74 Å². The number of hydrogen-bond donors (Lipinski definition) is 1. The zero-order chi connectivity index (χ0) is 27.4. The largest absolute Gasteiger partial charge is 0.494 e. The van der Waals surface area contributed by atoms with Crippen LogP contribution in [0.5, 0.6) is 5.75 Å². The molecule has 0 spiro atoms. The summed E-state index contributed by atoms with van der Waals surface area (Å²) in [6, 6.07) is 19.8. The van der Waals surface area contributed by atoms with E-state index < -0.39 is 11.6 Å². The van der Waals surface area contributed by atoms with Crippen molar-refractivity contribution in [3.8, 4) is 5.75 Å². The van der Waals surface area contributed by atoms with Crippen LogP contribution < -0.4 is 15.0 Å². The molecule has 2 amide bonds. The van der Waals surface area contributed by atoms with Gasteiger partial charge in [-0.05, 0) is 88.6 Å². The molecule has 0 radical (unpaired) electrons. The number of nitrogens with zero attached hydrogens (tertiary/aromatic N) is 4. The molecule has 0 bridgehead atoms. The van der Waals surface area contributed by atoms with Gasteiger partial charge in [-0.1, -0.05) is 41.6 Å². The maximum absolute atomic E-state index is 14.2. The summed E-state index contributed by atoms with van der Waals surface area (Å²) in [7, 11) is 0. The number of hydrogen-bond acceptors (Lipinski definition) is 5. The van der Waals surface area contributed by atoms with Gasteiger partial charge >= 0.3 is 0 Å². The Morgan fingerprint density at radius 3 is 2.42 bits per heavy atom. The molecule has 1 atom stereocenters. The fourth-order valence-electron chi connectivity index (χ4n) is 4.40. The van der Waals surface area contributed by atoms with Crippen LogP contribution in [0.15, 0.2) is 66.7 Å². The minimum Gasteiger partial charge on any atom is -0.494 e. The number of carbonyl (C=O) groups is 2. The van der Waals surface area contributed by atoms with Crippen LogP contribution in [-0.2, 0) is 16.1 Å². The fraction of sp³-hybridized carbons (Fsp3) is 0.333. The predicted octanol–water partition coefficient (Wildman–Crippen LogP) is 5.14. The van der Waals surface area contributed by atoms with Crippen LogP contribution >= 0.6 is 0 Å². The van der Waals surface area contributed by atoms with Gasteiger partial charge in [-0.25, -0.2) is 4.68 Å². The van der Waals surface area contributed by atoms with Crippen molar-refractivity contribution in [2.75, 3.05) is 11.5 Å². The molecule has 8 heteroatoms. The van der Waals surface area contributed by atoms with Gasteiger partial charge in [0, 0.05) is 11.2 Å². The summed E-state index contributed by atoms with van der Waals surface area (Å²) in [4.78, 5) is 29.7. The molecule has 0 aliphatic heterocycles. The van der Waals surface area contributed by atoms with Crippen LogP contribution in [0, 0.1) is 13.8 Å². The van der Waals surface area contributed by atoms with Gasteiger partial charge < -0.3 is 10.1 Å². The third-order valence-corrected chi connectivity index (χ3v) is 6.11. The molecule has 8 nitrogen and oxygen atoms in total. The van der Waals surface area contributed by atoms with Crippen LogP contribution in [0.3, 0.4) is 0 Å². The van der Waals surface area contributed by atoms with Crippen LogP contribution in [0.4, 0.5) is 5.69 Å². The average Bonchev–Trinajstić information content (AvgIpc) is 3.26. The van der Waals surface area contributed by atoms with Crippen LogP contribution in [0.25, 0.3) is 11.0 Å². The van der Waals surface area contributed by atoms with E-state index in [0.29, 0.717) is 29.1 Å². The zero-order valence-electron chi connectivity index (χ0n) is 22.9. The summed E-state index contributed by atoms with van der Waals surface area (Å²) in [6.45, 7) is 12.1. The van der Waals surface area contributed by atoms with Crippen molar-refractivity contribution in [1.82, 2.24) is 20.3 Å². The van der Waals surface area contributed by atoms with Gasteiger partial charge in [0.25, 0.3) is 0 Å². The quantitative estimate of drug-likeness (QED) is 0.353. The standard InChI is InChI=1S/C30H35N5O3/c1-7-38-23-16-14-22(15-17-23)28(29(37)31-30(4,5)6)35(26-18-20(2)12-13-21(26)3)27(36)19-34-25-11-9-8-10-24(25)32-33-34/h8-18,28H,7,19H2,1-6H3,(H,31,37). The Hall–Kier alpha value is -4.20. The molecule has 1 heterocycles. The lowest BCUT2D eigenvalue weighted by atomic mass is 9.99. The van der Waals surface area contributed by atoms with Crippen molar-refractivity contribution < 1.29 is 14.3 Å². The maximum atomic E-state index is 14.2. The normalized spacial score (nSPS) is 12.3. The summed E-state index contributed by atoms with van der Waals surface area (Å²) in [6.07, 6.45) is 0. The monoisotopic (exact) mass is 513 g/mol. The minimum absolute atomic E-state index is 0.0791. The Balaban J connectivity index is 1.85. The highest BCUT2D eigenvalue weighted by atomic mass is 16.5. The van der Waals surface area contributed by atoms with E-state index in [1.165, 1.54) is 0 Å². The third kappa shape index (κ3) is 6.02. The lowest BCUT2D eigenvalue weighted by Gasteiger charge is -2.35. The minimum atomic E-state index is -0.923. The summed E-state index contributed by atoms with van der Waals surface area (Å²) < 4.78 is 7.20. The van der Waals surface area contributed by atoms with E-state index in [9.17, 15) is 9.59 Å². The molecule has 0 saturated heterocycles. The highest BCUT2D eigenvalue weighted by Gasteiger charge is 2.35. The zero-order valence-corrected chi connectivity index (χ0v) is 22.9. The predicted molar refractivity (Wildman–Crippen MR) is 149 cm³/mol. The first-order chi connectivity index (χ1) is 18.1. The lowest BCUT2D eigenvalue weighted by molar-refractivity contribution is -0.128. The number of aromatic nitrogens is 3. The molecule has 1 N–H and O–H groups in total. The summed E-state index contributed by atoms with van der Waals surface area (Å²) in [5.74, 6) is 0.140. The average molecular weight is 514 g/mol. The van der Waals surface area contributed by atoms with E-state index in [1.54, 1.807) is 9.58 Å². The molecule has 0 aliphatic carbocycles. The van der Waals surface area contributed by atoms with Crippen molar-refractivity contribution in [2.45, 2.75) is 59.7 Å². The number of nitrogens with one attached hydrogen (secondary N) is 1. The Morgan fingerprint density at radius 2 is 1.74 bits per heavy atom. The molecule has 1 unspecified atom stereocenters. The van der Waals surface area contributed by atoms with E-state index in [2.05, 4.69) is 15.6 Å². The fourth-order valence-corrected chi connectivity index (χ4v) is 4.40. The van der Waals surface area contributed by atoms with E-state index >= 15 is 0 Å². The second-order valence-electron chi connectivity index (χ2n) is 10.4. The Labute approximate surface area is 223 Å². The van der Waals surface area contributed by atoms with Crippen molar-refractivity contribution in [2.24, 2.45) is 0 Å². The summed E-state index contributed by atoms with van der Waals surface area (Å²) >= 11 is 0. The second kappa shape index (κ2) is 11.0. The first-order valence-electron chi connectivity index (χ1n) is 12.8. The molecule has 4 aromatic rings. The molecule has 198 valence electrons. The molecule has 4 rings (SSSR count). The molecule has 0 fully saturated rings. The Kier molecular flexibility index (Phi) is 7.80. The SMILES string of the molecule is CCOc1ccc(C(C(=O)NC(C)(C)C)N(C(=O)Cn2nnc3ccccc32)c2cc(C)ccc2C)cc1. The van der Waals surface area contributed by atoms with Crippen LogP contribution in [0.2, 0.25) is 0 Å². The molecular weight excluding hydrogens is 478 g/mol. The molecule has 1 aromatic heterocycles. The number of anilines is 1. The molecule has 0 aliphatic rings. The third-order valence-electron chi connectivity index (χ3n) is 6.11. The number of ether oxygens (including phenoxy) is 1. The number of fused-ring (bicyclic) bond motifs is 1. The van der Waals surface area contributed by atoms with Gasteiger partial charge in [-0.3, -0.25) is 14.5 Å². The highest BCUT2D eigenvalue weighted by molar-refractivity contribution is 6.02. The molecular formula is C30H35N5O3. The van der Waals surface area contributed by atoms with Crippen molar-refractivity contribution in [3.63, 3.8) is 0 Å². The highest BCUT2D eigenvalue weighted by Crippen LogP contribution is 2.33. The van der Waals surface area contributed by atoms with Gasteiger partial charge in [-0.2, -0.15) is 0 Å². The summed E-state index contributed by atoms with van der Waals surface area (Å²) in [5.41, 5.74) is 4.16. The van der Waals surface area contributed by atoms with Gasteiger partial charge in [0.2, 0.25) is 11.8 Å². The van der Waals surface area contributed by atoms with Crippen molar-refractivity contribution in [3.05, 3.63) is 83.4 Å². The Bertz CT molecular complexity index is 1440. The van der Waals surface area contributed by atoms with Gasteiger partial charge in [-0.15, -0.1) is 5.10 Å². The number of para-hydroxylation sites is 1. The number of aryl methyl sites for hydroxylation is 2. The second-order valence-corrected chi connectivity index (χ2v) is 10.4. The smallest absolute Gasteiger partial charge is 0.249 e. The van der Waals surface area contributed by atoms with Crippen LogP contribution in [0.1, 0.15) is 50.4 Å². The van der Waals surface area contributed by atoms with Gasteiger partial charge in [0.1, 0.15) is 23.9 Å². The summed E-state index contributed by atoms with van der Waals surface area (Å²) in [5, 5.41) is 11.5. The Morgan fingerprint density at radius 1 is 1.03 bits per heavy atom. The van der Waals surface area contributed by atoms with E-state index in [0.717, 1.165) is 16.6 Å². The maximum Gasteiger partial charge on any atom is 0.249 e. The number of benzene rings is 3. The lowest BCUT2D eigenvalue weighted by Crippen LogP contribution is -2.50. The first kappa shape index (κ1) is 26.9. The van der Waals surface area contributed by atoms with E-state index in [-0.39, 0.29) is 18.4 Å². The molecule has 0 saturated carbocycles. The first-order valence-corrected chi connectivity index (χ1v) is 12.8. The van der Waals surface area contributed by atoms with Gasteiger partial charge in [0.15, 0.2) is 0 Å². The van der Waals surface area contributed by atoms with Gasteiger partial charge in [0.05, 0.1) is 12.1 Å².